The van der Waals surface area contributed by atoms with Crippen LogP contribution in [0.4, 0.5) is 24.8 Å². The largest absolute Gasteiger partial charge is 0.433 e. The van der Waals surface area contributed by atoms with Gasteiger partial charge in [0, 0.05) is 38.4 Å². The lowest BCUT2D eigenvalue weighted by atomic mass is 10.3. The Morgan fingerprint density at radius 1 is 0.913 bits per heavy atom. The molecule has 3 heterocycles. The molecule has 0 spiro atoms. The molecular weight excluding hydrogens is 331 g/mol. The number of anilines is 2. The quantitative estimate of drug-likeness (QED) is 0.839. The number of aromatic nitrogens is 3. The number of hydrogen-bond donors (Lipinski definition) is 0. The van der Waals surface area contributed by atoms with E-state index in [1.807, 2.05) is 11.0 Å². The summed E-state index contributed by atoms with van der Waals surface area (Å²) in [5, 5.41) is 0.563. The minimum atomic E-state index is -4.47. The fourth-order valence-electron chi connectivity index (χ4n) is 2.39. The fraction of sp³-hybridized carbons (Fsp3) is 0.357. The molecule has 0 N–H and O–H groups in total. The monoisotopic (exact) mass is 343 g/mol. The second-order valence-electron chi connectivity index (χ2n) is 5.07. The summed E-state index contributed by atoms with van der Waals surface area (Å²) in [5.74, 6) is 1.09. The zero-order chi connectivity index (χ0) is 16.4. The number of alkyl halides is 3. The van der Waals surface area contributed by atoms with Crippen LogP contribution < -0.4 is 9.80 Å². The molecule has 122 valence electrons. The number of halogens is 4. The minimum Gasteiger partial charge on any atom is -0.353 e. The predicted molar refractivity (Wildman–Crippen MR) is 80.7 cm³/mol. The summed E-state index contributed by atoms with van der Waals surface area (Å²) in [6, 6.07) is 4.57. The number of piperazine rings is 1. The van der Waals surface area contributed by atoms with Gasteiger partial charge in [0.25, 0.3) is 0 Å². The Morgan fingerprint density at radius 2 is 1.57 bits per heavy atom. The highest BCUT2D eigenvalue weighted by atomic mass is 35.5. The molecule has 1 saturated heterocycles. The van der Waals surface area contributed by atoms with Crippen molar-refractivity contribution in [2.45, 2.75) is 6.18 Å². The molecule has 2 aromatic heterocycles. The highest BCUT2D eigenvalue weighted by Crippen LogP contribution is 2.29. The zero-order valence-corrected chi connectivity index (χ0v) is 12.7. The van der Waals surface area contributed by atoms with E-state index < -0.39 is 11.9 Å². The van der Waals surface area contributed by atoms with Gasteiger partial charge in [0.15, 0.2) is 0 Å². The lowest BCUT2D eigenvalue weighted by Crippen LogP contribution is -2.47. The summed E-state index contributed by atoms with van der Waals surface area (Å²) in [6.07, 6.45) is -1.94. The Bertz CT molecular complexity index is 669. The molecule has 3 rings (SSSR count). The third-order valence-corrected chi connectivity index (χ3v) is 3.81. The van der Waals surface area contributed by atoms with Crippen molar-refractivity contribution in [1.29, 1.82) is 0 Å². The number of pyridine rings is 1. The van der Waals surface area contributed by atoms with Crippen molar-refractivity contribution in [3.8, 4) is 0 Å². The van der Waals surface area contributed by atoms with Gasteiger partial charge in [-0.2, -0.15) is 13.2 Å². The lowest BCUT2D eigenvalue weighted by Gasteiger charge is -2.36. The summed E-state index contributed by atoms with van der Waals surface area (Å²) in [6.45, 7) is 2.39. The molecule has 9 heteroatoms. The van der Waals surface area contributed by atoms with Gasteiger partial charge >= 0.3 is 6.18 Å². The maximum absolute atomic E-state index is 12.7. The van der Waals surface area contributed by atoms with E-state index in [0.717, 1.165) is 18.2 Å². The molecule has 5 nitrogen and oxygen atoms in total. The van der Waals surface area contributed by atoms with Crippen molar-refractivity contribution >= 4 is 23.2 Å². The van der Waals surface area contributed by atoms with Crippen LogP contribution in [0.5, 0.6) is 0 Å². The van der Waals surface area contributed by atoms with Gasteiger partial charge in [-0.05, 0) is 12.1 Å². The zero-order valence-electron chi connectivity index (χ0n) is 12.0. The summed E-state index contributed by atoms with van der Waals surface area (Å²) in [5.41, 5.74) is -0.927. The van der Waals surface area contributed by atoms with Crippen molar-refractivity contribution in [2.75, 3.05) is 36.0 Å². The molecule has 0 bridgehead atoms. The van der Waals surface area contributed by atoms with E-state index in [9.17, 15) is 13.2 Å². The van der Waals surface area contributed by atoms with Gasteiger partial charge in [0.05, 0.1) is 5.02 Å². The molecular formula is C14H13ClF3N5. The second-order valence-corrected chi connectivity index (χ2v) is 5.50. The Morgan fingerprint density at radius 3 is 2.13 bits per heavy atom. The highest BCUT2D eigenvalue weighted by Gasteiger charge is 2.33. The first-order valence-corrected chi connectivity index (χ1v) is 7.32. The normalized spacial score (nSPS) is 15.8. The van der Waals surface area contributed by atoms with Crippen LogP contribution in [0.1, 0.15) is 5.69 Å². The van der Waals surface area contributed by atoms with Crippen LogP contribution in [0.25, 0.3) is 0 Å². The minimum absolute atomic E-state index is 0.288. The Kier molecular flexibility index (Phi) is 4.25. The van der Waals surface area contributed by atoms with Gasteiger partial charge in [0.2, 0.25) is 0 Å². The van der Waals surface area contributed by atoms with Crippen LogP contribution in [0, 0.1) is 0 Å². The highest BCUT2D eigenvalue weighted by molar-refractivity contribution is 6.30. The number of rotatable bonds is 2. The fourth-order valence-corrected chi connectivity index (χ4v) is 2.51. The van der Waals surface area contributed by atoms with E-state index in [2.05, 4.69) is 19.9 Å². The first-order valence-electron chi connectivity index (χ1n) is 6.94. The van der Waals surface area contributed by atoms with Crippen molar-refractivity contribution in [3.63, 3.8) is 0 Å². The topological polar surface area (TPSA) is 45.2 Å². The molecule has 1 aliphatic heterocycles. The van der Waals surface area contributed by atoms with Gasteiger partial charge in [-0.3, -0.25) is 0 Å². The summed E-state index contributed by atoms with van der Waals surface area (Å²) >= 11 is 5.81. The maximum Gasteiger partial charge on any atom is 0.433 e. The van der Waals surface area contributed by atoms with Gasteiger partial charge in [-0.1, -0.05) is 11.6 Å². The Labute approximate surface area is 135 Å². The summed E-state index contributed by atoms with van der Waals surface area (Å²) in [4.78, 5) is 15.3. The van der Waals surface area contributed by atoms with Crippen LogP contribution in [0.3, 0.4) is 0 Å². The van der Waals surface area contributed by atoms with Gasteiger partial charge < -0.3 is 9.80 Å². The molecule has 0 unspecified atom stereocenters. The van der Waals surface area contributed by atoms with Crippen molar-refractivity contribution in [2.24, 2.45) is 0 Å². The predicted octanol–water partition coefficient (Wildman–Crippen LogP) is 2.87. The smallest absolute Gasteiger partial charge is 0.353 e. The second kappa shape index (κ2) is 6.19. The van der Waals surface area contributed by atoms with E-state index in [1.165, 1.54) is 0 Å². The van der Waals surface area contributed by atoms with Crippen molar-refractivity contribution in [3.05, 3.63) is 41.4 Å². The maximum atomic E-state index is 12.7. The number of hydrogen-bond acceptors (Lipinski definition) is 5. The van der Waals surface area contributed by atoms with Crippen molar-refractivity contribution < 1.29 is 13.2 Å². The molecule has 1 fully saturated rings. The van der Waals surface area contributed by atoms with E-state index >= 15 is 0 Å². The average Bonchev–Trinajstić information content (AvgIpc) is 2.55. The van der Waals surface area contributed by atoms with Gasteiger partial charge in [0.1, 0.15) is 23.7 Å². The lowest BCUT2D eigenvalue weighted by molar-refractivity contribution is -0.141. The third kappa shape index (κ3) is 3.64. The molecule has 0 aliphatic carbocycles. The molecule has 0 saturated carbocycles. The van der Waals surface area contributed by atoms with Crippen LogP contribution in [0.2, 0.25) is 5.02 Å². The van der Waals surface area contributed by atoms with Crippen LogP contribution in [-0.4, -0.2) is 41.1 Å². The Balaban J connectivity index is 1.68. The van der Waals surface area contributed by atoms with Crippen LogP contribution >= 0.6 is 11.6 Å². The summed E-state index contributed by atoms with van der Waals surface area (Å²) in [7, 11) is 0. The van der Waals surface area contributed by atoms with E-state index in [4.69, 9.17) is 11.6 Å². The summed E-state index contributed by atoms with van der Waals surface area (Å²) < 4.78 is 38.1. The number of nitrogens with zero attached hydrogens (tertiary/aromatic N) is 5. The molecule has 1 aliphatic rings. The van der Waals surface area contributed by atoms with E-state index in [0.29, 0.717) is 31.2 Å². The van der Waals surface area contributed by atoms with Gasteiger partial charge in [-0.25, -0.2) is 15.0 Å². The molecule has 2 aromatic rings. The molecule has 0 amide bonds. The standard InChI is InChI=1S/C14H13ClF3N5/c15-10-1-2-12(19-8-10)22-3-5-23(6-4-22)13-7-11(14(16,17)18)20-9-21-13/h1-2,7-9H,3-6H2. The third-order valence-electron chi connectivity index (χ3n) is 3.58. The van der Waals surface area contributed by atoms with Crippen molar-refractivity contribution in [1.82, 2.24) is 15.0 Å². The van der Waals surface area contributed by atoms with E-state index in [-0.39, 0.29) is 5.82 Å². The molecule has 23 heavy (non-hydrogen) atoms. The first-order chi connectivity index (χ1) is 10.9. The molecule has 0 aromatic carbocycles. The van der Waals surface area contributed by atoms with Gasteiger partial charge in [-0.15, -0.1) is 0 Å². The van der Waals surface area contributed by atoms with E-state index in [1.54, 1.807) is 12.3 Å². The van der Waals surface area contributed by atoms with Crippen LogP contribution in [-0.2, 0) is 6.18 Å². The molecule has 0 atom stereocenters. The van der Waals surface area contributed by atoms with Crippen LogP contribution in [0.15, 0.2) is 30.7 Å². The Hall–Kier alpha value is -2.09. The first kappa shape index (κ1) is 15.8. The SMILES string of the molecule is FC(F)(F)c1cc(N2CCN(c3ccc(Cl)cn3)CC2)ncn1. The molecule has 0 radical (unpaired) electrons. The average molecular weight is 344 g/mol.